The quantitative estimate of drug-likeness (QED) is 0.862. The summed E-state index contributed by atoms with van der Waals surface area (Å²) >= 11 is 0. The second-order valence-electron chi connectivity index (χ2n) is 4.77. The molecule has 1 saturated heterocycles. The maximum absolute atomic E-state index is 12.4. The first kappa shape index (κ1) is 11.8. The number of hydrogen-bond acceptors (Lipinski definition) is 3. The molecule has 0 saturated carbocycles. The molecule has 1 aromatic carbocycles. The molecule has 19 heavy (non-hydrogen) atoms. The standard InChI is InChI=1S/C14H16N4O/c15-13-9-11(16-17-13)14(19)18-8-4-7-12(18)10-5-2-1-3-6-10/h1-3,5-6,9,12H,4,7-8H2,(H3,15,16,17). The van der Waals surface area contributed by atoms with E-state index < -0.39 is 0 Å². The van der Waals surface area contributed by atoms with Crippen molar-refractivity contribution in [1.82, 2.24) is 15.1 Å². The Morgan fingerprint density at radius 1 is 1.37 bits per heavy atom. The number of aromatic nitrogens is 2. The van der Waals surface area contributed by atoms with Crippen molar-refractivity contribution in [1.29, 1.82) is 0 Å². The number of hydrogen-bond donors (Lipinski definition) is 2. The predicted molar refractivity (Wildman–Crippen MR) is 72.5 cm³/mol. The topological polar surface area (TPSA) is 75.0 Å². The summed E-state index contributed by atoms with van der Waals surface area (Å²) in [6, 6.07) is 11.9. The first-order valence-corrected chi connectivity index (χ1v) is 6.42. The number of H-pyrrole nitrogens is 1. The third kappa shape index (κ3) is 2.19. The van der Waals surface area contributed by atoms with Crippen LogP contribution < -0.4 is 5.73 Å². The zero-order valence-corrected chi connectivity index (χ0v) is 10.5. The van der Waals surface area contributed by atoms with E-state index in [4.69, 9.17) is 5.73 Å². The van der Waals surface area contributed by atoms with Crippen LogP contribution in [0.15, 0.2) is 36.4 Å². The van der Waals surface area contributed by atoms with E-state index in [9.17, 15) is 4.79 Å². The van der Waals surface area contributed by atoms with Crippen molar-refractivity contribution in [3.05, 3.63) is 47.7 Å². The molecule has 1 unspecified atom stereocenters. The van der Waals surface area contributed by atoms with Crippen molar-refractivity contribution >= 4 is 11.7 Å². The van der Waals surface area contributed by atoms with Gasteiger partial charge in [0.15, 0.2) is 0 Å². The zero-order valence-electron chi connectivity index (χ0n) is 10.5. The molecular weight excluding hydrogens is 240 g/mol. The van der Waals surface area contributed by atoms with Gasteiger partial charge in [-0.15, -0.1) is 0 Å². The zero-order chi connectivity index (χ0) is 13.2. The van der Waals surface area contributed by atoms with Gasteiger partial charge in [-0.1, -0.05) is 30.3 Å². The third-order valence-corrected chi connectivity index (χ3v) is 3.53. The minimum Gasteiger partial charge on any atom is -0.382 e. The fourth-order valence-electron chi connectivity index (χ4n) is 2.63. The van der Waals surface area contributed by atoms with Crippen LogP contribution in [0, 0.1) is 0 Å². The second kappa shape index (κ2) is 4.76. The van der Waals surface area contributed by atoms with E-state index in [1.165, 1.54) is 5.56 Å². The van der Waals surface area contributed by atoms with Gasteiger partial charge in [-0.3, -0.25) is 9.89 Å². The van der Waals surface area contributed by atoms with Gasteiger partial charge >= 0.3 is 0 Å². The Kier molecular flexibility index (Phi) is 2.95. The van der Waals surface area contributed by atoms with Crippen LogP contribution in [0.3, 0.4) is 0 Å². The molecule has 2 aromatic rings. The summed E-state index contributed by atoms with van der Waals surface area (Å²) in [5.74, 6) is 0.314. The summed E-state index contributed by atoms with van der Waals surface area (Å²) in [6.07, 6.45) is 2.02. The maximum atomic E-state index is 12.4. The lowest BCUT2D eigenvalue weighted by atomic mass is 10.0. The molecule has 1 atom stereocenters. The first-order chi connectivity index (χ1) is 9.25. The van der Waals surface area contributed by atoms with Crippen LogP contribution in [0.2, 0.25) is 0 Å². The Morgan fingerprint density at radius 2 is 2.16 bits per heavy atom. The highest BCUT2D eigenvalue weighted by Gasteiger charge is 2.31. The summed E-state index contributed by atoms with van der Waals surface area (Å²) in [5.41, 5.74) is 7.19. The van der Waals surface area contributed by atoms with Crippen molar-refractivity contribution < 1.29 is 4.79 Å². The molecule has 5 heteroatoms. The maximum Gasteiger partial charge on any atom is 0.272 e. The average Bonchev–Trinajstić information content (AvgIpc) is 3.07. The largest absolute Gasteiger partial charge is 0.382 e. The summed E-state index contributed by atoms with van der Waals surface area (Å²) in [5, 5.41) is 6.50. The molecule has 2 heterocycles. The van der Waals surface area contributed by atoms with Crippen LogP contribution >= 0.6 is 0 Å². The molecule has 1 aliphatic rings. The van der Waals surface area contributed by atoms with Crippen molar-refractivity contribution in [3.63, 3.8) is 0 Å². The molecule has 0 bridgehead atoms. The normalized spacial score (nSPS) is 18.7. The number of amides is 1. The Morgan fingerprint density at radius 3 is 2.84 bits per heavy atom. The lowest BCUT2D eigenvalue weighted by molar-refractivity contribution is 0.0729. The number of benzene rings is 1. The monoisotopic (exact) mass is 256 g/mol. The Bertz CT molecular complexity index is 578. The van der Waals surface area contributed by atoms with E-state index in [0.29, 0.717) is 11.5 Å². The number of anilines is 1. The van der Waals surface area contributed by atoms with Gasteiger partial charge in [-0.05, 0) is 18.4 Å². The molecule has 0 radical (unpaired) electrons. The van der Waals surface area contributed by atoms with Gasteiger partial charge in [-0.25, -0.2) is 0 Å². The number of likely N-dealkylation sites (tertiary alicyclic amines) is 1. The number of nitrogens with two attached hydrogens (primary N) is 1. The van der Waals surface area contributed by atoms with Gasteiger partial charge in [0.05, 0.1) is 6.04 Å². The highest BCUT2D eigenvalue weighted by Crippen LogP contribution is 2.32. The highest BCUT2D eigenvalue weighted by molar-refractivity contribution is 5.93. The van der Waals surface area contributed by atoms with E-state index in [1.807, 2.05) is 23.1 Å². The molecule has 1 fully saturated rings. The molecule has 3 N–H and O–H groups in total. The number of carbonyl (C=O) groups excluding carboxylic acids is 1. The molecule has 1 aromatic heterocycles. The van der Waals surface area contributed by atoms with Gasteiger partial charge in [0.25, 0.3) is 5.91 Å². The molecule has 98 valence electrons. The SMILES string of the molecule is Nc1cc(C(=O)N2CCCC2c2ccccc2)[nH]n1. The Labute approximate surface area is 111 Å². The van der Waals surface area contributed by atoms with E-state index >= 15 is 0 Å². The predicted octanol–water partition coefficient (Wildman–Crippen LogP) is 1.97. The fraction of sp³-hybridized carbons (Fsp3) is 0.286. The molecule has 5 nitrogen and oxygen atoms in total. The van der Waals surface area contributed by atoms with Gasteiger partial charge < -0.3 is 10.6 Å². The minimum atomic E-state index is -0.0319. The van der Waals surface area contributed by atoms with E-state index in [0.717, 1.165) is 19.4 Å². The average molecular weight is 256 g/mol. The number of rotatable bonds is 2. The van der Waals surface area contributed by atoms with Crippen LogP contribution in [0.1, 0.15) is 34.9 Å². The van der Waals surface area contributed by atoms with Gasteiger partial charge in [0.1, 0.15) is 11.5 Å². The van der Waals surface area contributed by atoms with Gasteiger partial charge in [0, 0.05) is 12.6 Å². The summed E-state index contributed by atoms with van der Waals surface area (Å²) < 4.78 is 0. The van der Waals surface area contributed by atoms with E-state index in [-0.39, 0.29) is 11.9 Å². The smallest absolute Gasteiger partial charge is 0.272 e. The van der Waals surface area contributed by atoms with Crippen molar-refractivity contribution in [2.45, 2.75) is 18.9 Å². The second-order valence-corrected chi connectivity index (χ2v) is 4.77. The van der Waals surface area contributed by atoms with Crippen LogP contribution in [0.5, 0.6) is 0 Å². The molecule has 1 aliphatic heterocycles. The molecular formula is C14H16N4O. The number of nitrogens with zero attached hydrogens (tertiary/aromatic N) is 2. The number of aromatic amines is 1. The summed E-state index contributed by atoms with van der Waals surface area (Å²) in [4.78, 5) is 14.3. The Balaban J connectivity index is 1.86. The van der Waals surface area contributed by atoms with Crippen molar-refractivity contribution in [2.75, 3.05) is 12.3 Å². The molecule has 3 rings (SSSR count). The lowest BCUT2D eigenvalue weighted by Gasteiger charge is -2.24. The molecule has 1 amide bonds. The molecule has 0 spiro atoms. The third-order valence-electron chi connectivity index (χ3n) is 3.53. The van der Waals surface area contributed by atoms with Crippen LogP contribution in [-0.2, 0) is 0 Å². The van der Waals surface area contributed by atoms with E-state index in [2.05, 4.69) is 22.3 Å². The fourth-order valence-corrected chi connectivity index (χ4v) is 2.63. The van der Waals surface area contributed by atoms with Crippen LogP contribution in [0.4, 0.5) is 5.82 Å². The van der Waals surface area contributed by atoms with Crippen molar-refractivity contribution in [2.24, 2.45) is 0 Å². The van der Waals surface area contributed by atoms with Gasteiger partial charge in [0.2, 0.25) is 0 Å². The van der Waals surface area contributed by atoms with Gasteiger partial charge in [-0.2, -0.15) is 5.10 Å². The highest BCUT2D eigenvalue weighted by atomic mass is 16.2. The van der Waals surface area contributed by atoms with E-state index in [1.54, 1.807) is 6.07 Å². The number of nitrogens with one attached hydrogen (secondary N) is 1. The number of nitrogen functional groups attached to an aromatic ring is 1. The Hall–Kier alpha value is -2.30. The van der Waals surface area contributed by atoms with Crippen LogP contribution in [-0.4, -0.2) is 27.5 Å². The first-order valence-electron chi connectivity index (χ1n) is 6.42. The number of carbonyl (C=O) groups is 1. The summed E-state index contributed by atoms with van der Waals surface area (Å²) in [7, 11) is 0. The minimum absolute atomic E-state index is 0.0319. The summed E-state index contributed by atoms with van der Waals surface area (Å²) in [6.45, 7) is 0.775. The van der Waals surface area contributed by atoms with Crippen molar-refractivity contribution in [3.8, 4) is 0 Å². The van der Waals surface area contributed by atoms with Crippen LogP contribution in [0.25, 0.3) is 0 Å². The molecule has 0 aliphatic carbocycles. The lowest BCUT2D eigenvalue weighted by Crippen LogP contribution is -2.30.